The molecule has 0 saturated heterocycles. The monoisotopic (exact) mass is 294 g/mol. The van der Waals surface area contributed by atoms with E-state index in [-0.39, 0.29) is 12.3 Å². The molecule has 1 unspecified atom stereocenters. The molecule has 1 N–H and O–H groups in total. The first-order valence-electron chi connectivity index (χ1n) is 5.74. The first kappa shape index (κ1) is 12.4. The second-order valence-corrected chi connectivity index (χ2v) is 4.96. The van der Waals surface area contributed by atoms with Crippen molar-refractivity contribution in [1.29, 1.82) is 0 Å². The molecule has 90 valence electrons. The summed E-state index contributed by atoms with van der Waals surface area (Å²) in [5, 5.41) is 9.84. The van der Waals surface area contributed by atoms with Gasteiger partial charge in [0.1, 0.15) is 0 Å². The molecule has 0 radical (unpaired) electrons. The van der Waals surface area contributed by atoms with E-state index in [1.807, 2.05) is 12.1 Å². The number of carboxylic acid groups (broad SMARTS) is 1. The minimum atomic E-state index is -0.722. The van der Waals surface area contributed by atoms with Crippen LogP contribution in [0.1, 0.15) is 29.9 Å². The molecular formula is C14H15BrO2. The highest BCUT2D eigenvalue weighted by Crippen LogP contribution is 2.33. The normalized spacial score (nSPS) is 19.1. The summed E-state index contributed by atoms with van der Waals surface area (Å²) in [6, 6.07) is 8.17. The van der Waals surface area contributed by atoms with Gasteiger partial charge in [0.25, 0.3) is 0 Å². The molecule has 17 heavy (non-hydrogen) atoms. The standard InChI is InChI=1S/C14H15BrO2/c15-9-10-5-6-11-3-1-2-4-13(11)12(7-10)8-14(16)17/h1-5,12H,6-9H2,(H,16,17). The average molecular weight is 295 g/mol. The van der Waals surface area contributed by atoms with Gasteiger partial charge in [-0.1, -0.05) is 51.8 Å². The Balaban J connectivity index is 2.34. The lowest BCUT2D eigenvalue weighted by Crippen LogP contribution is -2.08. The summed E-state index contributed by atoms with van der Waals surface area (Å²) in [5.74, 6) is -0.615. The second kappa shape index (κ2) is 5.50. The number of allylic oxidation sites excluding steroid dienone is 2. The fourth-order valence-electron chi connectivity index (χ4n) is 2.38. The molecule has 0 aliphatic heterocycles. The molecule has 1 aromatic carbocycles. The van der Waals surface area contributed by atoms with Crippen LogP contribution in [0.2, 0.25) is 0 Å². The van der Waals surface area contributed by atoms with E-state index in [1.54, 1.807) is 0 Å². The molecule has 0 saturated carbocycles. The van der Waals surface area contributed by atoms with Crippen molar-refractivity contribution >= 4 is 21.9 Å². The third kappa shape index (κ3) is 2.97. The third-order valence-corrected chi connectivity index (χ3v) is 3.93. The van der Waals surface area contributed by atoms with Gasteiger partial charge in [0.2, 0.25) is 0 Å². The predicted octanol–water partition coefficient (Wildman–Crippen LogP) is 3.51. The quantitative estimate of drug-likeness (QED) is 0.684. The van der Waals surface area contributed by atoms with E-state index in [4.69, 9.17) is 5.11 Å². The lowest BCUT2D eigenvalue weighted by Gasteiger charge is -2.16. The Morgan fingerprint density at radius 2 is 2.18 bits per heavy atom. The Kier molecular flexibility index (Phi) is 4.00. The Bertz CT molecular complexity index is 451. The van der Waals surface area contributed by atoms with E-state index in [0.717, 1.165) is 18.2 Å². The molecule has 0 fully saturated rings. The van der Waals surface area contributed by atoms with Gasteiger partial charge in [-0.2, -0.15) is 0 Å². The molecule has 1 aliphatic carbocycles. The molecule has 2 nitrogen and oxygen atoms in total. The van der Waals surface area contributed by atoms with Crippen LogP contribution in [-0.4, -0.2) is 16.4 Å². The summed E-state index contributed by atoms with van der Waals surface area (Å²) in [5.41, 5.74) is 3.75. The largest absolute Gasteiger partial charge is 0.481 e. The van der Waals surface area contributed by atoms with Crippen molar-refractivity contribution in [1.82, 2.24) is 0 Å². The van der Waals surface area contributed by atoms with Gasteiger partial charge in [-0.25, -0.2) is 0 Å². The van der Waals surface area contributed by atoms with Gasteiger partial charge in [0.05, 0.1) is 6.42 Å². The molecular weight excluding hydrogens is 280 g/mol. The number of carbonyl (C=O) groups is 1. The van der Waals surface area contributed by atoms with E-state index in [2.05, 4.69) is 34.1 Å². The van der Waals surface area contributed by atoms with E-state index in [1.165, 1.54) is 16.7 Å². The van der Waals surface area contributed by atoms with E-state index in [0.29, 0.717) is 0 Å². The van der Waals surface area contributed by atoms with Gasteiger partial charge in [-0.15, -0.1) is 0 Å². The van der Waals surface area contributed by atoms with Crippen LogP contribution >= 0.6 is 15.9 Å². The van der Waals surface area contributed by atoms with Crippen molar-refractivity contribution < 1.29 is 9.90 Å². The molecule has 0 amide bonds. The number of fused-ring (bicyclic) bond motifs is 1. The zero-order valence-corrected chi connectivity index (χ0v) is 11.1. The highest BCUT2D eigenvalue weighted by molar-refractivity contribution is 9.09. The van der Waals surface area contributed by atoms with Crippen molar-refractivity contribution in [3.63, 3.8) is 0 Å². The maximum absolute atomic E-state index is 11.0. The summed E-state index contributed by atoms with van der Waals surface area (Å²) in [4.78, 5) is 11.0. The summed E-state index contributed by atoms with van der Waals surface area (Å²) in [7, 11) is 0. The molecule has 1 atom stereocenters. The molecule has 3 heteroatoms. The maximum atomic E-state index is 11.0. The summed E-state index contributed by atoms with van der Waals surface area (Å²) < 4.78 is 0. The van der Waals surface area contributed by atoms with Gasteiger partial charge in [0, 0.05) is 5.33 Å². The van der Waals surface area contributed by atoms with E-state index >= 15 is 0 Å². The van der Waals surface area contributed by atoms with Crippen molar-refractivity contribution in [3.8, 4) is 0 Å². The van der Waals surface area contributed by atoms with Gasteiger partial charge in [-0.3, -0.25) is 4.79 Å². The maximum Gasteiger partial charge on any atom is 0.303 e. The van der Waals surface area contributed by atoms with Crippen molar-refractivity contribution in [3.05, 3.63) is 47.0 Å². The summed E-state index contributed by atoms with van der Waals surface area (Å²) >= 11 is 3.47. The van der Waals surface area contributed by atoms with Crippen LogP contribution in [0.4, 0.5) is 0 Å². The van der Waals surface area contributed by atoms with Gasteiger partial charge in [0.15, 0.2) is 0 Å². The molecule has 1 aliphatic rings. The predicted molar refractivity (Wildman–Crippen MR) is 71.6 cm³/mol. The lowest BCUT2D eigenvalue weighted by molar-refractivity contribution is -0.137. The minimum absolute atomic E-state index is 0.106. The number of hydrogen-bond acceptors (Lipinski definition) is 1. The van der Waals surface area contributed by atoms with Gasteiger partial charge >= 0.3 is 5.97 Å². The fraction of sp³-hybridized carbons (Fsp3) is 0.357. The SMILES string of the molecule is O=C(O)CC1CC(CBr)=CCc2ccccc21. The van der Waals surface area contributed by atoms with Gasteiger partial charge in [-0.05, 0) is 29.9 Å². The number of carboxylic acids is 1. The van der Waals surface area contributed by atoms with Crippen LogP contribution in [0.15, 0.2) is 35.9 Å². The van der Waals surface area contributed by atoms with Crippen LogP contribution in [0.5, 0.6) is 0 Å². The number of aliphatic carboxylic acids is 1. The molecule has 0 bridgehead atoms. The Morgan fingerprint density at radius 3 is 2.88 bits per heavy atom. The number of hydrogen-bond donors (Lipinski definition) is 1. The Hall–Kier alpha value is -1.09. The molecule has 0 aromatic heterocycles. The first-order chi connectivity index (χ1) is 8.20. The summed E-state index contributed by atoms with van der Waals surface area (Å²) in [6.07, 6.45) is 4.18. The average Bonchev–Trinajstić information content (AvgIpc) is 2.49. The van der Waals surface area contributed by atoms with Gasteiger partial charge < -0.3 is 5.11 Å². The number of rotatable bonds is 3. The Morgan fingerprint density at radius 1 is 1.41 bits per heavy atom. The van der Waals surface area contributed by atoms with Crippen LogP contribution in [0.25, 0.3) is 0 Å². The van der Waals surface area contributed by atoms with Crippen molar-refractivity contribution in [2.24, 2.45) is 0 Å². The smallest absolute Gasteiger partial charge is 0.303 e. The fourth-order valence-corrected chi connectivity index (χ4v) is 2.84. The minimum Gasteiger partial charge on any atom is -0.481 e. The topological polar surface area (TPSA) is 37.3 Å². The Labute approximate surface area is 109 Å². The van der Waals surface area contributed by atoms with Crippen LogP contribution in [-0.2, 0) is 11.2 Å². The second-order valence-electron chi connectivity index (χ2n) is 4.40. The molecule has 0 heterocycles. The zero-order valence-electron chi connectivity index (χ0n) is 9.53. The first-order valence-corrected chi connectivity index (χ1v) is 6.86. The third-order valence-electron chi connectivity index (χ3n) is 3.21. The van der Waals surface area contributed by atoms with Crippen LogP contribution in [0.3, 0.4) is 0 Å². The number of benzene rings is 1. The van der Waals surface area contributed by atoms with Crippen LogP contribution in [0, 0.1) is 0 Å². The van der Waals surface area contributed by atoms with Crippen LogP contribution < -0.4 is 0 Å². The highest BCUT2D eigenvalue weighted by Gasteiger charge is 2.21. The molecule has 2 rings (SSSR count). The number of halogens is 1. The van der Waals surface area contributed by atoms with Crippen molar-refractivity contribution in [2.45, 2.75) is 25.2 Å². The highest BCUT2D eigenvalue weighted by atomic mass is 79.9. The van der Waals surface area contributed by atoms with Crippen molar-refractivity contribution in [2.75, 3.05) is 5.33 Å². The summed E-state index contributed by atoms with van der Waals surface area (Å²) in [6.45, 7) is 0. The number of alkyl halides is 1. The zero-order chi connectivity index (χ0) is 12.3. The van der Waals surface area contributed by atoms with E-state index < -0.39 is 5.97 Å². The molecule has 0 spiro atoms. The lowest BCUT2D eigenvalue weighted by atomic mass is 9.88. The molecule has 1 aromatic rings. The van der Waals surface area contributed by atoms with E-state index in [9.17, 15) is 4.79 Å².